The molecule has 0 spiro atoms. The average molecular weight is 439 g/mol. The van der Waals surface area contributed by atoms with Crippen molar-refractivity contribution in [1.29, 1.82) is 0 Å². The van der Waals surface area contributed by atoms with Crippen LogP contribution in [0.2, 0.25) is 0 Å². The summed E-state index contributed by atoms with van der Waals surface area (Å²) in [7, 11) is 1.71. The summed E-state index contributed by atoms with van der Waals surface area (Å²) < 4.78 is 5.86. The minimum atomic E-state index is -0.174. The molecule has 2 bridgehead atoms. The molecule has 32 heavy (non-hydrogen) atoms. The van der Waals surface area contributed by atoms with Crippen molar-refractivity contribution in [3.05, 3.63) is 47.5 Å². The second-order valence-electron chi connectivity index (χ2n) is 9.90. The van der Waals surface area contributed by atoms with Crippen LogP contribution in [0, 0.1) is 23.7 Å². The SMILES string of the molecule is CN=C(NCCN1C(=O)C2C3C=CC(C3)C2C1=O)NCc1cccc(COC(C)(C)C)c1. The van der Waals surface area contributed by atoms with Gasteiger partial charge >= 0.3 is 0 Å². The lowest BCUT2D eigenvalue weighted by Crippen LogP contribution is -2.43. The second kappa shape index (κ2) is 9.06. The number of nitrogens with zero attached hydrogens (tertiary/aromatic N) is 2. The first kappa shape index (κ1) is 22.5. The van der Waals surface area contributed by atoms with E-state index in [9.17, 15) is 9.59 Å². The van der Waals surface area contributed by atoms with Gasteiger partial charge in [-0.25, -0.2) is 0 Å². The van der Waals surface area contributed by atoms with E-state index in [1.165, 1.54) is 4.90 Å². The van der Waals surface area contributed by atoms with Crippen LogP contribution in [0.15, 0.2) is 41.4 Å². The van der Waals surface area contributed by atoms with Gasteiger partial charge in [0, 0.05) is 26.7 Å². The Morgan fingerprint density at radius 1 is 1.09 bits per heavy atom. The van der Waals surface area contributed by atoms with Gasteiger partial charge in [-0.15, -0.1) is 0 Å². The Bertz CT molecular complexity index is 903. The molecular formula is C25H34N4O3. The summed E-state index contributed by atoms with van der Waals surface area (Å²) in [6, 6.07) is 8.26. The quantitative estimate of drug-likeness (QED) is 0.296. The molecule has 1 saturated carbocycles. The molecule has 7 nitrogen and oxygen atoms in total. The maximum absolute atomic E-state index is 12.8. The average Bonchev–Trinajstić information content (AvgIpc) is 3.44. The van der Waals surface area contributed by atoms with E-state index in [0.29, 0.717) is 32.2 Å². The normalized spacial score (nSPS) is 26.8. The number of imide groups is 1. The number of benzene rings is 1. The van der Waals surface area contributed by atoms with E-state index in [4.69, 9.17) is 4.74 Å². The van der Waals surface area contributed by atoms with Gasteiger partial charge in [0.15, 0.2) is 5.96 Å². The summed E-state index contributed by atoms with van der Waals surface area (Å²) in [5.74, 6) is 0.861. The lowest BCUT2D eigenvalue weighted by molar-refractivity contribution is -0.140. The van der Waals surface area contributed by atoms with Crippen LogP contribution in [0.5, 0.6) is 0 Å². The van der Waals surface area contributed by atoms with Crippen LogP contribution in [0.3, 0.4) is 0 Å². The van der Waals surface area contributed by atoms with Gasteiger partial charge in [0.05, 0.1) is 24.0 Å². The van der Waals surface area contributed by atoms with Gasteiger partial charge < -0.3 is 15.4 Å². The summed E-state index contributed by atoms with van der Waals surface area (Å²) in [6.07, 6.45) is 5.20. The van der Waals surface area contributed by atoms with Crippen molar-refractivity contribution in [3.8, 4) is 0 Å². The van der Waals surface area contributed by atoms with Gasteiger partial charge in [0.2, 0.25) is 11.8 Å². The van der Waals surface area contributed by atoms with Crippen LogP contribution >= 0.6 is 0 Å². The molecule has 2 N–H and O–H groups in total. The first-order valence-electron chi connectivity index (χ1n) is 11.5. The van der Waals surface area contributed by atoms with E-state index in [-0.39, 0.29) is 41.1 Å². The molecule has 1 saturated heterocycles. The number of rotatable bonds is 7. The molecule has 2 aliphatic carbocycles. The van der Waals surface area contributed by atoms with Gasteiger partial charge in [-0.2, -0.15) is 0 Å². The molecule has 1 aromatic rings. The summed E-state index contributed by atoms with van der Waals surface area (Å²) in [5.41, 5.74) is 2.08. The zero-order valence-corrected chi connectivity index (χ0v) is 19.4. The Kier molecular flexibility index (Phi) is 6.38. The van der Waals surface area contributed by atoms with Crippen LogP contribution in [0.1, 0.15) is 38.3 Å². The highest BCUT2D eigenvalue weighted by Gasteiger charge is 2.58. The van der Waals surface area contributed by atoms with Crippen molar-refractivity contribution >= 4 is 17.8 Å². The van der Waals surface area contributed by atoms with Crippen molar-refractivity contribution in [3.63, 3.8) is 0 Å². The Hall–Kier alpha value is -2.67. The molecule has 1 heterocycles. The minimum Gasteiger partial charge on any atom is -0.371 e. The number of nitrogens with one attached hydrogen (secondary N) is 2. The Morgan fingerprint density at radius 2 is 1.75 bits per heavy atom. The van der Waals surface area contributed by atoms with E-state index in [1.54, 1.807) is 7.05 Å². The second-order valence-corrected chi connectivity index (χ2v) is 9.90. The van der Waals surface area contributed by atoms with E-state index < -0.39 is 0 Å². The number of hydrogen-bond donors (Lipinski definition) is 2. The summed E-state index contributed by atoms with van der Waals surface area (Å²) in [6.45, 7) is 8.16. The van der Waals surface area contributed by atoms with Crippen LogP contribution in [-0.4, -0.2) is 48.4 Å². The Morgan fingerprint density at radius 3 is 2.38 bits per heavy atom. The van der Waals surface area contributed by atoms with E-state index in [0.717, 1.165) is 17.5 Å². The molecule has 1 aromatic carbocycles. The number of allylic oxidation sites excluding steroid dienone is 2. The predicted molar refractivity (Wildman–Crippen MR) is 124 cm³/mol. The van der Waals surface area contributed by atoms with Gasteiger partial charge in [0.1, 0.15) is 0 Å². The number of carbonyl (C=O) groups is 2. The third-order valence-corrected chi connectivity index (χ3v) is 6.54. The zero-order chi connectivity index (χ0) is 22.9. The maximum Gasteiger partial charge on any atom is 0.233 e. The van der Waals surface area contributed by atoms with E-state index >= 15 is 0 Å². The van der Waals surface area contributed by atoms with E-state index in [2.05, 4.69) is 46.0 Å². The van der Waals surface area contributed by atoms with Crippen molar-refractivity contribution in [2.24, 2.45) is 28.7 Å². The zero-order valence-electron chi connectivity index (χ0n) is 19.4. The van der Waals surface area contributed by atoms with Crippen molar-refractivity contribution in [1.82, 2.24) is 15.5 Å². The van der Waals surface area contributed by atoms with Crippen LogP contribution in [-0.2, 0) is 27.5 Å². The third-order valence-electron chi connectivity index (χ3n) is 6.54. The highest BCUT2D eigenvalue weighted by molar-refractivity contribution is 6.06. The molecule has 4 atom stereocenters. The van der Waals surface area contributed by atoms with Crippen LogP contribution in [0.25, 0.3) is 0 Å². The Balaban J connectivity index is 1.24. The number of guanidine groups is 1. The maximum atomic E-state index is 12.8. The number of amides is 2. The molecule has 172 valence electrons. The summed E-state index contributed by atoms with van der Waals surface area (Å²) >= 11 is 0. The predicted octanol–water partition coefficient (Wildman–Crippen LogP) is 2.47. The highest BCUT2D eigenvalue weighted by atomic mass is 16.5. The molecule has 0 aromatic heterocycles. The monoisotopic (exact) mass is 438 g/mol. The lowest BCUT2D eigenvalue weighted by atomic mass is 9.85. The lowest BCUT2D eigenvalue weighted by Gasteiger charge is -2.20. The van der Waals surface area contributed by atoms with Crippen molar-refractivity contribution < 1.29 is 14.3 Å². The summed E-state index contributed by atoms with van der Waals surface area (Å²) in [4.78, 5) is 31.3. The molecule has 4 rings (SSSR count). The molecule has 0 radical (unpaired) electrons. The number of hydrogen-bond acceptors (Lipinski definition) is 4. The molecular weight excluding hydrogens is 404 g/mol. The topological polar surface area (TPSA) is 83.0 Å². The fourth-order valence-corrected chi connectivity index (χ4v) is 5.01. The van der Waals surface area contributed by atoms with Gasteiger partial charge in [0.25, 0.3) is 0 Å². The van der Waals surface area contributed by atoms with E-state index in [1.807, 2.05) is 26.8 Å². The third kappa shape index (κ3) is 4.72. The molecule has 4 unspecified atom stereocenters. The number of fused-ring (bicyclic) bond motifs is 5. The minimum absolute atomic E-state index is 0.00381. The number of likely N-dealkylation sites (tertiary alicyclic amines) is 1. The van der Waals surface area contributed by atoms with Crippen LogP contribution in [0.4, 0.5) is 0 Å². The van der Waals surface area contributed by atoms with Gasteiger partial charge in [-0.3, -0.25) is 19.5 Å². The molecule has 2 fully saturated rings. The largest absolute Gasteiger partial charge is 0.371 e. The standard InChI is InChI=1S/C25H34N4O3/c1-25(2,3)32-15-17-7-5-6-16(12-17)14-28-24(26-4)27-10-11-29-22(30)20-18-8-9-19(13-18)21(20)23(29)31/h5-9,12,18-21H,10-11,13-15H2,1-4H3,(H2,26,27,28). The van der Waals surface area contributed by atoms with Crippen molar-refractivity contribution in [2.75, 3.05) is 20.1 Å². The van der Waals surface area contributed by atoms with Gasteiger partial charge in [-0.05, 0) is 50.2 Å². The number of aliphatic imine (C=N–C) groups is 1. The van der Waals surface area contributed by atoms with Crippen LogP contribution < -0.4 is 10.6 Å². The summed E-state index contributed by atoms with van der Waals surface area (Å²) in [5, 5.41) is 6.52. The number of carbonyl (C=O) groups excluding carboxylic acids is 2. The molecule has 1 aliphatic heterocycles. The fourth-order valence-electron chi connectivity index (χ4n) is 5.01. The number of ether oxygens (including phenoxy) is 1. The molecule has 2 amide bonds. The molecule has 3 aliphatic rings. The Labute approximate surface area is 190 Å². The highest BCUT2D eigenvalue weighted by Crippen LogP contribution is 2.52. The smallest absolute Gasteiger partial charge is 0.233 e. The first-order valence-corrected chi connectivity index (χ1v) is 11.5. The van der Waals surface area contributed by atoms with Gasteiger partial charge in [-0.1, -0.05) is 36.4 Å². The van der Waals surface area contributed by atoms with Crippen molar-refractivity contribution in [2.45, 2.75) is 45.9 Å². The fraction of sp³-hybridized carbons (Fsp3) is 0.560. The first-order chi connectivity index (χ1) is 15.3. The molecule has 7 heteroatoms.